The lowest BCUT2D eigenvalue weighted by Gasteiger charge is -2.39. The Balaban J connectivity index is 0.000000519. The number of aliphatic hydroxyl groups excluding tert-OH is 1. The van der Waals surface area contributed by atoms with Gasteiger partial charge in [-0.2, -0.15) is 25.8 Å². The first-order chi connectivity index (χ1) is 21.1. The van der Waals surface area contributed by atoms with Gasteiger partial charge >= 0.3 is 6.18 Å². The highest BCUT2D eigenvalue weighted by molar-refractivity contribution is 7.79. The first-order valence-corrected chi connectivity index (χ1v) is 17.4. The van der Waals surface area contributed by atoms with E-state index in [2.05, 4.69) is 66.1 Å². The summed E-state index contributed by atoms with van der Waals surface area (Å²) >= 11 is 3.53. The highest BCUT2D eigenvalue weighted by atomic mass is 32.1. The fraction of sp³-hybridized carbons (Fsp3) is 0.722. The first-order valence-electron chi connectivity index (χ1n) is 16.5. The zero-order valence-corrected chi connectivity index (χ0v) is 29.2. The van der Waals surface area contributed by atoms with Gasteiger partial charge in [-0.05, 0) is 79.6 Å². The maximum absolute atomic E-state index is 13.3. The molecule has 6 rings (SSSR count). The van der Waals surface area contributed by atoms with Crippen molar-refractivity contribution in [1.82, 2.24) is 9.97 Å². The number of hydrogen-bond acceptors (Lipinski definition) is 6. The summed E-state index contributed by atoms with van der Waals surface area (Å²) in [5.74, 6) is 0.394. The van der Waals surface area contributed by atoms with E-state index in [0.29, 0.717) is 30.6 Å². The summed E-state index contributed by atoms with van der Waals surface area (Å²) in [7, 11) is 0. The van der Waals surface area contributed by atoms with Crippen LogP contribution < -0.4 is 0 Å². The Hall–Kier alpha value is -1.68. The lowest BCUT2D eigenvalue weighted by molar-refractivity contribution is -0.141. The van der Waals surface area contributed by atoms with Crippen LogP contribution >= 0.6 is 12.6 Å². The monoisotopic (exact) mass is 650 g/mol. The van der Waals surface area contributed by atoms with Crippen LogP contribution in [-0.2, 0) is 27.7 Å². The van der Waals surface area contributed by atoms with Gasteiger partial charge in [-0.1, -0.05) is 61.0 Å². The van der Waals surface area contributed by atoms with E-state index in [1.165, 1.54) is 18.7 Å². The Morgan fingerprint density at radius 1 is 1.04 bits per heavy atom. The molecule has 0 radical (unpaired) electrons. The molecule has 2 aliphatic heterocycles. The standard InChI is InChI=1S/C29H35F3N2O3.C6H14.CH4S/c1-16-5-4-10-28(16)24-22-19(13-27(2,3)14-20(22)35)34-25(17-8-11-36-12-9-17)23(24)26(37-28)18-6-7-21(33-15-18)29(30,31)32;1-5-6(2,3)4;1-2/h6-7,15-17,20,26,35H,4-5,8-14H2,1-3H3;5H2,1-4H3;2H,1H3. The third kappa shape index (κ3) is 7.57. The minimum atomic E-state index is -4.50. The van der Waals surface area contributed by atoms with Gasteiger partial charge in [-0.3, -0.25) is 9.97 Å². The van der Waals surface area contributed by atoms with Crippen LogP contribution in [0.25, 0.3) is 0 Å². The van der Waals surface area contributed by atoms with Crippen molar-refractivity contribution in [2.24, 2.45) is 16.7 Å². The van der Waals surface area contributed by atoms with Crippen LogP contribution in [0.5, 0.6) is 0 Å². The van der Waals surface area contributed by atoms with E-state index >= 15 is 0 Å². The van der Waals surface area contributed by atoms with Crippen LogP contribution in [0, 0.1) is 16.7 Å². The number of ether oxygens (including phenoxy) is 2. The molecule has 4 atom stereocenters. The zero-order valence-electron chi connectivity index (χ0n) is 28.4. The summed E-state index contributed by atoms with van der Waals surface area (Å²) in [4.78, 5) is 9.04. The third-order valence-electron chi connectivity index (χ3n) is 10.1. The fourth-order valence-electron chi connectivity index (χ4n) is 7.32. The van der Waals surface area contributed by atoms with E-state index in [9.17, 15) is 18.3 Å². The van der Waals surface area contributed by atoms with Crippen LogP contribution in [-0.4, -0.2) is 34.5 Å². The number of fused-ring (bicyclic) bond motifs is 4. The van der Waals surface area contributed by atoms with Gasteiger partial charge in [0.15, 0.2) is 0 Å². The summed E-state index contributed by atoms with van der Waals surface area (Å²) in [6.45, 7) is 16.8. The lowest BCUT2D eigenvalue weighted by atomic mass is 9.69. The van der Waals surface area contributed by atoms with Crippen LogP contribution in [0.3, 0.4) is 0 Å². The van der Waals surface area contributed by atoms with Crippen molar-refractivity contribution in [3.8, 4) is 0 Å². The molecule has 4 unspecified atom stereocenters. The largest absolute Gasteiger partial charge is 0.433 e. The van der Waals surface area contributed by atoms with Gasteiger partial charge in [0.25, 0.3) is 0 Å². The van der Waals surface area contributed by atoms with Crippen molar-refractivity contribution in [1.29, 1.82) is 0 Å². The molecule has 0 amide bonds. The molecule has 5 nitrogen and oxygen atoms in total. The second kappa shape index (κ2) is 13.8. The molecule has 1 saturated carbocycles. The normalized spacial score (nSPS) is 27.6. The number of thiol groups is 1. The zero-order chi connectivity index (χ0) is 33.4. The summed E-state index contributed by atoms with van der Waals surface area (Å²) in [5.41, 5.74) is 4.43. The van der Waals surface area contributed by atoms with E-state index in [1.807, 2.05) is 0 Å². The molecule has 1 saturated heterocycles. The van der Waals surface area contributed by atoms with Crippen molar-refractivity contribution in [2.45, 2.75) is 130 Å². The van der Waals surface area contributed by atoms with Gasteiger partial charge in [-0.15, -0.1) is 0 Å². The number of alkyl halides is 3. The molecule has 45 heavy (non-hydrogen) atoms. The Morgan fingerprint density at radius 2 is 1.69 bits per heavy atom. The van der Waals surface area contributed by atoms with Crippen molar-refractivity contribution in [2.75, 3.05) is 19.5 Å². The van der Waals surface area contributed by atoms with Crippen molar-refractivity contribution in [3.05, 3.63) is 57.7 Å². The van der Waals surface area contributed by atoms with E-state index in [-0.39, 0.29) is 17.3 Å². The summed E-state index contributed by atoms with van der Waals surface area (Å²) < 4.78 is 52.5. The van der Waals surface area contributed by atoms with Gasteiger partial charge in [0, 0.05) is 47.7 Å². The molecule has 9 heteroatoms. The van der Waals surface area contributed by atoms with E-state index in [1.54, 1.807) is 6.26 Å². The van der Waals surface area contributed by atoms with Gasteiger partial charge in [0.2, 0.25) is 0 Å². The summed E-state index contributed by atoms with van der Waals surface area (Å²) in [6.07, 6.45) is 4.48. The number of pyridine rings is 2. The number of aliphatic hydroxyl groups is 1. The number of nitrogens with zero attached hydrogens (tertiary/aromatic N) is 2. The van der Waals surface area contributed by atoms with Crippen LogP contribution in [0.1, 0.15) is 151 Å². The molecule has 0 bridgehead atoms. The number of hydrogen-bond donors (Lipinski definition) is 2. The second-order valence-corrected chi connectivity index (χ2v) is 15.2. The van der Waals surface area contributed by atoms with Gasteiger partial charge < -0.3 is 14.6 Å². The van der Waals surface area contributed by atoms with Gasteiger partial charge in [0.1, 0.15) is 11.8 Å². The lowest BCUT2D eigenvalue weighted by Crippen LogP contribution is -2.34. The average molecular weight is 651 g/mol. The van der Waals surface area contributed by atoms with Gasteiger partial charge in [0.05, 0.1) is 17.4 Å². The van der Waals surface area contributed by atoms with E-state index < -0.39 is 29.7 Å². The molecule has 1 spiro atoms. The molecule has 4 heterocycles. The molecule has 1 N–H and O–H groups in total. The number of aromatic nitrogens is 2. The molecule has 252 valence electrons. The maximum atomic E-state index is 13.3. The van der Waals surface area contributed by atoms with Crippen molar-refractivity contribution >= 4 is 12.6 Å². The predicted octanol–water partition coefficient (Wildman–Crippen LogP) is 9.52. The van der Waals surface area contributed by atoms with E-state index in [0.717, 1.165) is 72.7 Å². The fourth-order valence-corrected chi connectivity index (χ4v) is 7.32. The predicted molar refractivity (Wildman–Crippen MR) is 176 cm³/mol. The van der Waals surface area contributed by atoms with Crippen LogP contribution in [0.2, 0.25) is 0 Å². The van der Waals surface area contributed by atoms with Crippen LogP contribution in [0.4, 0.5) is 13.2 Å². The molecule has 2 aliphatic carbocycles. The van der Waals surface area contributed by atoms with E-state index in [4.69, 9.17) is 14.5 Å². The Morgan fingerprint density at radius 3 is 2.20 bits per heavy atom. The molecule has 2 fully saturated rings. The minimum absolute atomic E-state index is 0.0781. The van der Waals surface area contributed by atoms with Crippen molar-refractivity contribution < 1.29 is 27.8 Å². The Bertz CT molecular complexity index is 1300. The SMILES string of the molecule is CC1CCCC12OC(c1ccc(C(F)(F)F)nc1)c1c(C3CCOCC3)nc3c(c12)C(O)CC(C)(C)C3.CCC(C)(C)C.CS. The Labute approximate surface area is 273 Å². The average Bonchev–Trinajstić information content (AvgIpc) is 3.53. The third-order valence-corrected chi connectivity index (χ3v) is 10.1. The molecule has 2 aromatic heterocycles. The summed E-state index contributed by atoms with van der Waals surface area (Å²) in [5, 5.41) is 11.5. The molecular weight excluding hydrogens is 597 g/mol. The molecular formula is C36H53F3N2O3S. The Kier molecular flexibility index (Phi) is 11.1. The summed E-state index contributed by atoms with van der Waals surface area (Å²) in [6, 6.07) is 2.54. The van der Waals surface area contributed by atoms with Crippen LogP contribution in [0.15, 0.2) is 18.3 Å². The number of halogens is 3. The molecule has 2 aromatic rings. The highest BCUT2D eigenvalue weighted by Gasteiger charge is 2.56. The number of rotatable bonds is 2. The molecule has 0 aromatic carbocycles. The first kappa shape index (κ1) is 36.2. The van der Waals surface area contributed by atoms with Crippen molar-refractivity contribution in [3.63, 3.8) is 0 Å². The van der Waals surface area contributed by atoms with Gasteiger partial charge in [-0.25, -0.2) is 0 Å². The maximum Gasteiger partial charge on any atom is 0.433 e. The molecule has 4 aliphatic rings. The minimum Gasteiger partial charge on any atom is -0.388 e. The highest BCUT2D eigenvalue weighted by Crippen LogP contribution is 2.61. The topological polar surface area (TPSA) is 64.5 Å². The second-order valence-electron chi connectivity index (χ2n) is 15.2. The quantitative estimate of drug-likeness (QED) is 0.317. The smallest absolute Gasteiger partial charge is 0.388 e.